The number of fused-ring (bicyclic) bond motifs is 2. The van der Waals surface area contributed by atoms with Crippen LogP contribution in [-0.4, -0.2) is 26.5 Å². The number of hydrogen-bond donors (Lipinski definition) is 2. The van der Waals surface area contributed by atoms with Crippen LogP contribution in [0, 0.1) is 0 Å². The first-order valence-electron chi connectivity index (χ1n) is 9.04. The number of amides is 1. The molecule has 1 amide bonds. The highest BCUT2D eigenvalue weighted by molar-refractivity contribution is 6.37. The summed E-state index contributed by atoms with van der Waals surface area (Å²) in [5, 5.41) is 12.6. The fourth-order valence-corrected chi connectivity index (χ4v) is 3.90. The molecule has 3 aromatic rings. The molecule has 4 rings (SSSR count). The number of hydrogen-bond acceptors (Lipinski definition) is 4. The lowest BCUT2D eigenvalue weighted by atomic mass is 10.1. The molecule has 152 valence electrons. The number of carboxylic acids is 1. The average molecular weight is 444 g/mol. The van der Waals surface area contributed by atoms with E-state index in [2.05, 4.69) is 10.3 Å². The number of halogens is 2. The molecule has 2 aromatic carbocycles. The van der Waals surface area contributed by atoms with E-state index in [0.29, 0.717) is 51.0 Å². The quantitative estimate of drug-likeness (QED) is 0.591. The molecule has 0 fully saturated rings. The average Bonchev–Trinajstić information content (AvgIpc) is 3.07. The zero-order valence-electron chi connectivity index (χ0n) is 15.5. The fourth-order valence-electron chi connectivity index (χ4n) is 3.40. The first-order valence-corrected chi connectivity index (χ1v) is 9.80. The van der Waals surface area contributed by atoms with Crippen molar-refractivity contribution in [2.24, 2.45) is 0 Å². The van der Waals surface area contributed by atoms with Crippen molar-refractivity contribution in [3.05, 3.63) is 68.2 Å². The standard InChI is InChI=1S/C21H15Cl2N3O4/c22-15-2-1-3-16(23)14(15)8-11-6-7-26-20(11)25-17-9-12(4-5-13(17)21(26)30)24-18(27)10-19(28)29/h1-5,8-9H,6-7,10H2,(H,24,27)(H,28,29). The molecule has 0 spiro atoms. The second kappa shape index (κ2) is 7.93. The van der Waals surface area contributed by atoms with Gasteiger partial charge in [0.25, 0.3) is 5.56 Å². The van der Waals surface area contributed by atoms with Crippen molar-refractivity contribution < 1.29 is 14.7 Å². The summed E-state index contributed by atoms with van der Waals surface area (Å²) >= 11 is 12.5. The summed E-state index contributed by atoms with van der Waals surface area (Å²) < 4.78 is 1.60. The number of nitrogens with zero attached hydrogens (tertiary/aromatic N) is 2. The van der Waals surface area contributed by atoms with Gasteiger partial charge in [-0.15, -0.1) is 0 Å². The van der Waals surface area contributed by atoms with E-state index >= 15 is 0 Å². The van der Waals surface area contributed by atoms with Gasteiger partial charge in [-0.25, -0.2) is 4.98 Å². The Balaban J connectivity index is 1.78. The van der Waals surface area contributed by atoms with E-state index < -0.39 is 18.3 Å². The van der Waals surface area contributed by atoms with E-state index in [0.717, 1.165) is 5.57 Å². The third-order valence-electron chi connectivity index (χ3n) is 4.76. The smallest absolute Gasteiger partial charge is 0.312 e. The monoisotopic (exact) mass is 443 g/mol. The van der Waals surface area contributed by atoms with Crippen molar-refractivity contribution in [2.45, 2.75) is 19.4 Å². The number of carboxylic acid groups (broad SMARTS) is 1. The minimum absolute atomic E-state index is 0.188. The molecule has 0 aliphatic carbocycles. The molecule has 0 saturated heterocycles. The van der Waals surface area contributed by atoms with Crippen molar-refractivity contribution in [1.29, 1.82) is 0 Å². The number of aliphatic carboxylic acids is 1. The third kappa shape index (κ3) is 3.81. The van der Waals surface area contributed by atoms with Crippen molar-refractivity contribution in [3.63, 3.8) is 0 Å². The Morgan fingerprint density at radius 2 is 1.93 bits per heavy atom. The topological polar surface area (TPSA) is 101 Å². The second-order valence-electron chi connectivity index (χ2n) is 6.80. The van der Waals surface area contributed by atoms with Gasteiger partial charge < -0.3 is 10.4 Å². The Morgan fingerprint density at radius 1 is 1.20 bits per heavy atom. The summed E-state index contributed by atoms with van der Waals surface area (Å²) in [5.74, 6) is -1.37. The molecule has 9 heteroatoms. The zero-order valence-corrected chi connectivity index (χ0v) is 17.0. The Labute approximate surface area is 180 Å². The van der Waals surface area contributed by atoms with Crippen LogP contribution in [0.3, 0.4) is 0 Å². The van der Waals surface area contributed by atoms with Crippen molar-refractivity contribution in [2.75, 3.05) is 5.32 Å². The van der Waals surface area contributed by atoms with E-state index in [-0.39, 0.29) is 5.56 Å². The highest BCUT2D eigenvalue weighted by atomic mass is 35.5. The van der Waals surface area contributed by atoms with Gasteiger partial charge in [0, 0.05) is 27.8 Å². The van der Waals surface area contributed by atoms with Gasteiger partial charge in [-0.1, -0.05) is 29.3 Å². The number of carbonyl (C=O) groups excluding carboxylic acids is 1. The number of nitrogens with one attached hydrogen (secondary N) is 1. The summed E-state index contributed by atoms with van der Waals surface area (Å²) in [5.41, 5.74) is 2.06. The number of carbonyl (C=O) groups is 2. The van der Waals surface area contributed by atoms with Crippen LogP contribution in [0.15, 0.2) is 41.2 Å². The molecular weight excluding hydrogens is 429 g/mol. The molecule has 7 nitrogen and oxygen atoms in total. The molecule has 0 atom stereocenters. The normalized spacial score (nSPS) is 14.1. The number of aromatic nitrogens is 2. The van der Waals surface area contributed by atoms with E-state index in [1.165, 1.54) is 0 Å². The van der Waals surface area contributed by atoms with Crippen molar-refractivity contribution in [1.82, 2.24) is 9.55 Å². The molecule has 0 bridgehead atoms. The van der Waals surface area contributed by atoms with Gasteiger partial charge >= 0.3 is 5.97 Å². The summed E-state index contributed by atoms with van der Waals surface area (Å²) in [4.78, 5) is 39.9. The van der Waals surface area contributed by atoms with Gasteiger partial charge in [0.2, 0.25) is 5.91 Å². The highest BCUT2D eigenvalue weighted by Crippen LogP contribution is 2.33. The molecular formula is C21H15Cl2N3O4. The van der Waals surface area contributed by atoms with E-state index in [1.807, 2.05) is 6.08 Å². The van der Waals surface area contributed by atoms with Gasteiger partial charge in [0.05, 0.1) is 10.9 Å². The van der Waals surface area contributed by atoms with Crippen LogP contribution in [0.1, 0.15) is 24.2 Å². The van der Waals surface area contributed by atoms with Crippen molar-refractivity contribution >= 4 is 63.3 Å². The number of rotatable bonds is 4. The molecule has 0 unspecified atom stereocenters. The van der Waals surface area contributed by atoms with Crippen LogP contribution in [0.25, 0.3) is 22.6 Å². The summed E-state index contributed by atoms with van der Waals surface area (Å²) in [6.07, 6.45) is 1.78. The minimum atomic E-state index is -1.23. The lowest BCUT2D eigenvalue weighted by Gasteiger charge is -2.09. The van der Waals surface area contributed by atoms with Crippen molar-refractivity contribution in [3.8, 4) is 0 Å². The van der Waals surface area contributed by atoms with Gasteiger partial charge in [0.1, 0.15) is 12.2 Å². The van der Waals surface area contributed by atoms with Crippen LogP contribution in [0.5, 0.6) is 0 Å². The predicted octanol–water partition coefficient (Wildman–Crippen LogP) is 4.06. The molecule has 2 heterocycles. The Morgan fingerprint density at radius 3 is 2.63 bits per heavy atom. The number of anilines is 1. The number of allylic oxidation sites excluding steroid dienone is 1. The maximum Gasteiger partial charge on any atom is 0.312 e. The van der Waals surface area contributed by atoms with Gasteiger partial charge in [-0.3, -0.25) is 19.0 Å². The SMILES string of the molecule is O=C(O)CC(=O)Nc1ccc2c(=O)n3c(nc2c1)C(=Cc1c(Cl)cccc1Cl)CC3. The molecule has 0 radical (unpaired) electrons. The maximum atomic E-state index is 12.9. The third-order valence-corrected chi connectivity index (χ3v) is 5.42. The lowest BCUT2D eigenvalue weighted by molar-refractivity contribution is -0.139. The Bertz CT molecular complexity index is 1280. The lowest BCUT2D eigenvalue weighted by Crippen LogP contribution is -2.21. The van der Waals surface area contributed by atoms with E-state index in [4.69, 9.17) is 28.3 Å². The molecule has 1 aliphatic heterocycles. The second-order valence-corrected chi connectivity index (χ2v) is 7.61. The molecule has 30 heavy (non-hydrogen) atoms. The summed E-state index contributed by atoms with van der Waals surface area (Å²) in [6, 6.07) is 9.90. The molecule has 1 aliphatic rings. The summed E-state index contributed by atoms with van der Waals surface area (Å²) in [7, 11) is 0. The summed E-state index contributed by atoms with van der Waals surface area (Å²) in [6.45, 7) is 0.488. The van der Waals surface area contributed by atoms with Crippen LogP contribution in [-0.2, 0) is 16.1 Å². The van der Waals surface area contributed by atoms with E-state index in [9.17, 15) is 14.4 Å². The Hall–Kier alpha value is -3.16. The molecule has 1 aromatic heterocycles. The zero-order chi connectivity index (χ0) is 21.4. The largest absolute Gasteiger partial charge is 0.481 e. The van der Waals surface area contributed by atoms with Crippen LogP contribution in [0.4, 0.5) is 5.69 Å². The molecule has 2 N–H and O–H groups in total. The van der Waals surface area contributed by atoms with Crippen LogP contribution in [0.2, 0.25) is 10.0 Å². The Kier molecular flexibility index (Phi) is 5.32. The van der Waals surface area contributed by atoms with Gasteiger partial charge in [-0.2, -0.15) is 0 Å². The predicted molar refractivity (Wildman–Crippen MR) is 116 cm³/mol. The highest BCUT2D eigenvalue weighted by Gasteiger charge is 2.22. The first kappa shape index (κ1) is 20.1. The van der Waals surface area contributed by atoms with Gasteiger partial charge in [-0.05, 0) is 48.4 Å². The van der Waals surface area contributed by atoms with E-state index in [1.54, 1.807) is 41.0 Å². The number of benzene rings is 2. The van der Waals surface area contributed by atoms with Crippen LogP contribution >= 0.6 is 23.2 Å². The maximum absolute atomic E-state index is 12.9. The fraction of sp³-hybridized carbons (Fsp3) is 0.143. The first-order chi connectivity index (χ1) is 14.3. The molecule has 0 saturated carbocycles. The van der Waals surface area contributed by atoms with Gasteiger partial charge in [0.15, 0.2) is 0 Å². The van der Waals surface area contributed by atoms with Crippen LogP contribution < -0.4 is 10.9 Å². The minimum Gasteiger partial charge on any atom is -0.481 e.